The number of hydrogen-bond donors (Lipinski definition) is 2. The first kappa shape index (κ1) is 18.6. The van der Waals surface area contributed by atoms with Gasteiger partial charge < -0.3 is 15.5 Å². The minimum Gasteiger partial charge on any atom is -0.346 e. The summed E-state index contributed by atoms with van der Waals surface area (Å²) in [7, 11) is 0. The Balaban J connectivity index is 1.68. The molecule has 2 aromatic rings. The van der Waals surface area contributed by atoms with Crippen LogP contribution in [0.4, 0.5) is 28.0 Å². The zero-order valence-corrected chi connectivity index (χ0v) is 14.0. The number of carbonyl (C=O) groups excluding carboxylic acids is 2. The lowest BCUT2D eigenvalue weighted by atomic mass is 10.1. The van der Waals surface area contributed by atoms with Gasteiger partial charge in [-0.2, -0.15) is 0 Å². The summed E-state index contributed by atoms with van der Waals surface area (Å²) < 4.78 is 53.9. The summed E-state index contributed by atoms with van der Waals surface area (Å²) >= 11 is 0. The van der Waals surface area contributed by atoms with Gasteiger partial charge in [-0.1, -0.05) is 0 Å². The van der Waals surface area contributed by atoms with Crippen molar-refractivity contribution in [3.05, 3.63) is 58.9 Å². The van der Waals surface area contributed by atoms with Crippen LogP contribution in [0.1, 0.15) is 24.2 Å². The van der Waals surface area contributed by atoms with Gasteiger partial charge in [0.15, 0.2) is 11.6 Å². The van der Waals surface area contributed by atoms with E-state index >= 15 is 0 Å². The Morgan fingerprint density at radius 2 is 2.04 bits per heavy atom. The van der Waals surface area contributed by atoms with Crippen molar-refractivity contribution in [1.82, 2.24) is 15.2 Å². The fourth-order valence-corrected chi connectivity index (χ4v) is 2.72. The number of halogens is 4. The number of anilines is 1. The van der Waals surface area contributed by atoms with Crippen LogP contribution in [0.15, 0.2) is 24.4 Å². The molecule has 27 heavy (non-hydrogen) atoms. The molecule has 3 amide bonds. The van der Waals surface area contributed by atoms with Gasteiger partial charge in [-0.25, -0.2) is 22.4 Å². The van der Waals surface area contributed by atoms with E-state index < -0.39 is 47.8 Å². The highest BCUT2D eigenvalue weighted by molar-refractivity contribution is 5.94. The molecule has 1 aliphatic rings. The molecule has 0 saturated carbocycles. The van der Waals surface area contributed by atoms with E-state index in [0.29, 0.717) is 6.07 Å². The molecule has 0 unspecified atom stereocenters. The third-order valence-corrected chi connectivity index (χ3v) is 4.03. The predicted octanol–water partition coefficient (Wildman–Crippen LogP) is 2.86. The Bertz CT molecular complexity index is 922. The van der Waals surface area contributed by atoms with Gasteiger partial charge in [0.05, 0.1) is 30.2 Å². The van der Waals surface area contributed by atoms with Crippen molar-refractivity contribution in [2.45, 2.75) is 19.5 Å². The highest BCUT2D eigenvalue weighted by Crippen LogP contribution is 2.27. The molecule has 2 heterocycles. The van der Waals surface area contributed by atoms with Gasteiger partial charge >= 0.3 is 6.03 Å². The Kier molecular flexibility index (Phi) is 4.98. The van der Waals surface area contributed by atoms with E-state index in [2.05, 4.69) is 15.6 Å². The molecule has 0 radical (unpaired) electrons. The smallest absolute Gasteiger partial charge is 0.322 e. The van der Waals surface area contributed by atoms with Crippen LogP contribution < -0.4 is 10.6 Å². The molecule has 1 atom stereocenters. The molecule has 3 rings (SSSR count). The van der Waals surface area contributed by atoms with Crippen LogP contribution in [0.3, 0.4) is 0 Å². The Morgan fingerprint density at radius 1 is 1.30 bits per heavy atom. The fraction of sp³-hybridized carbons (Fsp3) is 0.235. The first-order chi connectivity index (χ1) is 12.8. The largest absolute Gasteiger partial charge is 0.346 e. The minimum atomic E-state index is -1.11. The van der Waals surface area contributed by atoms with Crippen molar-refractivity contribution in [3.8, 4) is 0 Å². The minimum absolute atomic E-state index is 0.0818. The predicted molar refractivity (Wildman–Crippen MR) is 86.5 cm³/mol. The Morgan fingerprint density at radius 3 is 2.74 bits per heavy atom. The lowest BCUT2D eigenvalue weighted by Crippen LogP contribution is -2.45. The van der Waals surface area contributed by atoms with Gasteiger partial charge in [-0.05, 0) is 19.1 Å². The maximum absolute atomic E-state index is 13.9. The van der Waals surface area contributed by atoms with Gasteiger partial charge in [0.2, 0.25) is 5.91 Å². The van der Waals surface area contributed by atoms with Gasteiger partial charge in [-0.3, -0.25) is 9.78 Å². The quantitative estimate of drug-likeness (QED) is 0.799. The second-order valence-electron chi connectivity index (χ2n) is 5.98. The topological polar surface area (TPSA) is 74.3 Å². The standard InChI is InChI=1S/C17H14F4N4O2/c1-8(16-12(20)4-9(18)5-22-16)23-14(26)7-25-6-10-13(24-17(25)27)3-2-11(19)15(10)21/h2-5,8H,6-7H2,1H3,(H,23,26)(H,24,27)/t8-/m0/s1. The molecular formula is C17H14F4N4O2. The van der Waals surface area contributed by atoms with Crippen LogP contribution in [-0.2, 0) is 11.3 Å². The molecule has 10 heteroatoms. The number of amides is 3. The third kappa shape index (κ3) is 3.83. The van der Waals surface area contributed by atoms with Crippen LogP contribution in [0.5, 0.6) is 0 Å². The Hall–Kier alpha value is -3.17. The molecule has 6 nitrogen and oxygen atoms in total. The Labute approximate surface area is 151 Å². The summed E-state index contributed by atoms with van der Waals surface area (Å²) in [6.45, 7) is 0.645. The number of nitrogens with one attached hydrogen (secondary N) is 2. The van der Waals surface area contributed by atoms with Crippen molar-refractivity contribution in [3.63, 3.8) is 0 Å². The molecule has 0 aliphatic carbocycles. The van der Waals surface area contributed by atoms with Gasteiger partial charge in [-0.15, -0.1) is 0 Å². The summed E-state index contributed by atoms with van der Waals surface area (Å²) in [5.74, 6) is -4.63. The maximum atomic E-state index is 13.9. The summed E-state index contributed by atoms with van der Waals surface area (Å²) in [5, 5.41) is 4.79. The molecule has 1 aromatic heterocycles. The van der Waals surface area contributed by atoms with Gasteiger partial charge in [0, 0.05) is 11.6 Å². The van der Waals surface area contributed by atoms with Gasteiger partial charge in [0.25, 0.3) is 0 Å². The van der Waals surface area contributed by atoms with Crippen molar-refractivity contribution in [1.29, 1.82) is 0 Å². The molecule has 142 valence electrons. The van der Waals surface area contributed by atoms with E-state index in [-0.39, 0.29) is 23.5 Å². The number of rotatable bonds is 4. The first-order valence-electron chi connectivity index (χ1n) is 7.89. The third-order valence-electron chi connectivity index (χ3n) is 4.03. The molecule has 1 aromatic carbocycles. The SMILES string of the molecule is C[C@H](NC(=O)CN1Cc2c(ccc(F)c2F)NC1=O)c1ncc(F)cc1F. The van der Waals surface area contributed by atoms with Crippen molar-refractivity contribution in [2.24, 2.45) is 0 Å². The highest BCUT2D eigenvalue weighted by atomic mass is 19.2. The molecule has 1 aliphatic heterocycles. The molecular weight excluding hydrogens is 368 g/mol. The summed E-state index contributed by atoms with van der Waals surface area (Å²) in [5.41, 5.74) is -0.130. The number of hydrogen-bond acceptors (Lipinski definition) is 3. The van der Waals surface area contributed by atoms with Crippen LogP contribution in [0.25, 0.3) is 0 Å². The van der Waals surface area contributed by atoms with Crippen LogP contribution in [0, 0.1) is 23.3 Å². The summed E-state index contributed by atoms with van der Waals surface area (Å²) in [4.78, 5) is 28.8. The van der Waals surface area contributed by atoms with E-state index in [1.54, 1.807) is 0 Å². The number of carbonyl (C=O) groups is 2. The second-order valence-corrected chi connectivity index (χ2v) is 5.98. The maximum Gasteiger partial charge on any atom is 0.322 e. The average Bonchev–Trinajstić information content (AvgIpc) is 2.59. The normalized spacial score (nSPS) is 14.4. The number of urea groups is 1. The zero-order valence-electron chi connectivity index (χ0n) is 14.0. The molecule has 0 bridgehead atoms. The average molecular weight is 382 g/mol. The number of aromatic nitrogens is 1. The molecule has 0 spiro atoms. The molecule has 2 N–H and O–H groups in total. The van der Waals surface area contributed by atoms with Crippen molar-refractivity contribution in [2.75, 3.05) is 11.9 Å². The van der Waals surface area contributed by atoms with Gasteiger partial charge in [0.1, 0.15) is 18.2 Å². The number of fused-ring (bicyclic) bond motifs is 1. The number of pyridine rings is 1. The summed E-state index contributed by atoms with van der Waals surface area (Å²) in [6.07, 6.45) is 0.813. The molecule has 0 fully saturated rings. The van der Waals surface area contributed by atoms with Crippen LogP contribution in [-0.4, -0.2) is 28.4 Å². The van der Waals surface area contributed by atoms with Crippen LogP contribution >= 0.6 is 0 Å². The van der Waals surface area contributed by atoms with Crippen molar-refractivity contribution >= 4 is 17.6 Å². The van der Waals surface area contributed by atoms with E-state index in [1.165, 1.54) is 13.0 Å². The lowest BCUT2D eigenvalue weighted by Gasteiger charge is -2.29. The van der Waals surface area contributed by atoms with E-state index in [9.17, 15) is 27.2 Å². The van der Waals surface area contributed by atoms with E-state index in [1.807, 2.05) is 0 Å². The monoisotopic (exact) mass is 382 g/mol. The lowest BCUT2D eigenvalue weighted by molar-refractivity contribution is -0.122. The number of benzene rings is 1. The van der Waals surface area contributed by atoms with Crippen LogP contribution in [0.2, 0.25) is 0 Å². The second kappa shape index (κ2) is 7.22. The summed E-state index contributed by atoms with van der Waals surface area (Å²) in [6, 6.07) is 1.20. The first-order valence-corrected chi connectivity index (χ1v) is 7.89. The number of nitrogens with zero attached hydrogens (tertiary/aromatic N) is 2. The van der Waals surface area contributed by atoms with E-state index in [4.69, 9.17) is 0 Å². The highest BCUT2D eigenvalue weighted by Gasteiger charge is 2.28. The fourth-order valence-electron chi connectivity index (χ4n) is 2.72. The zero-order chi connectivity index (χ0) is 19.7. The van der Waals surface area contributed by atoms with E-state index in [0.717, 1.165) is 17.2 Å². The van der Waals surface area contributed by atoms with Crippen molar-refractivity contribution < 1.29 is 27.2 Å². The molecule has 0 saturated heterocycles.